The Morgan fingerprint density at radius 3 is 2.44 bits per heavy atom. The summed E-state index contributed by atoms with van der Waals surface area (Å²) in [5, 5.41) is 32.6. The van der Waals surface area contributed by atoms with Crippen LogP contribution in [0.15, 0.2) is 52.7 Å². The number of carboxylic acids is 2. The molecule has 1 fully saturated rings. The van der Waals surface area contributed by atoms with Crippen LogP contribution in [0.5, 0.6) is 5.75 Å². The Morgan fingerprint density at radius 1 is 1.05 bits per heavy atom. The van der Waals surface area contributed by atoms with Crippen LogP contribution >= 0.6 is 35.3 Å². The molecule has 0 bridgehead atoms. The van der Waals surface area contributed by atoms with E-state index in [4.69, 9.17) is 17.3 Å². The van der Waals surface area contributed by atoms with Crippen LogP contribution in [0.1, 0.15) is 21.7 Å². The maximum Gasteiger partial charge on any atom is 0.339 e. The molecule has 1 aliphatic rings. The summed E-state index contributed by atoms with van der Waals surface area (Å²) in [4.78, 5) is 50.2. The third-order valence-electron chi connectivity index (χ3n) is 5.46. The summed E-state index contributed by atoms with van der Waals surface area (Å²) in [5.74, 6) is -6.98. The van der Waals surface area contributed by atoms with Crippen molar-refractivity contribution in [3.8, 4) is 16.9 Å². The van der Waals surface area contributed by atoms with Crippen molar-refractivity contribution in [1.29, 1.82) is 0 Å². The number of aliphatic carboxylic acids is 1. The molecule has 0 aliphatic carbocycles. The summed E-state index contributed by atoms with van der Waals surface area (Å²) in [6, 6.07) is 6.75. The molecule has 1 atom stereocenters. The van der Waals surface area contributed by atoms with E-state index >= 15 is 0 Å². The normalized spacial score (nSPS) is 15.0. The van der Waals surface area contributed by atoms with E-state index in [0.717, 1.165) is 40.9 Å². The van der Waals surface area contributed by atoms with Crippen molar-refractivity contribution in [1.82, 2.24) is 4.90 Å². The molecular formula is C25H16F2N2O7S3. The summed E-state index contributed by atoms with van der Waals surface area (Å²) >= 11 is 7.29. The molecule has 4 N–H and O–H groups in total. The van der Waals surface area contributed by atoms with Gasteiger partial charge >= 0.3 is 11.9 Å². The van der Waals surface area contributed by atoms with Crippen LogP contribution in [0.3, 0.4) is 0 Å². The Hall–Kier alpha value is -4.14. The summed E-state index contributed by atoms with van der Waals surface area (Å²) < 4.78 is 26.8. The van der Waals surface area contributed by atoms with Crippen LogP contribution in [0.4, 0.5) is 14.5 Å². The Kier molecular flexibility index (Phi) is 8.09. The number of aromatic hydroxyl groups is 1. The van der Waals surface area contributed by atoms with E-state index in [1.165, 1.54) is 29.5 Å². The fourth-order valence-electron chi connectivity index (χ4n) is 3.60. The van der Waals surface area contributed by atoms with Gasteiger partial charge in [0.1, 0.15) is 21.7 Å². The van der Waals surface area contributed by atoms with Gasteiger partial charge in [0.2, 0.25) is 5.91 Å². The lowest BCUT2D eigenvalue weighted by Crippen LogP contribution is -2.45. The van der Waals surface area contributed by atoms with Gasteiger partial charge in [0.05, 0.1) is 11.3 Å². The lowest BCUT2D eigenvalue weighted by Gasteiger charge is -2.22. The highest BCUT2D eigenvalue weighted by Gasteiger charge is 2.41. The molecule has 200 valence electrons. The van der Waals surface area contributed by atoms with Gasteiger partial charge in [0.15, 0.2) is 11.6 Å². The number of nitrogens with zero attached hydrogens (tertiary/aromatic N) is 1. The minimum Gasteiger partial charge on any atom is -0.507 e. The van der Waals surface area contributed by atoms with Crippen molar-refractivity contribution in [2.45, 2.75) is 12.5 Å². The number of carboxylic acid groups (broad SMARTS) is 2. The molecule has 0 saturated carbocycles. The summed E-state index contributed by atoms with van der Waals surface area (Å²) in [6.07, 6.45) is 0.800. The molecule has 2 aromatic carbocycles. The largest absolute Gasteiger partial charge is 0.507 e. The number of amides is 2. The van der Waals surface area contributed by atoms with Gasteiger partial charge in [-0.2, -0.15) is 0 Å². The molecule has 0 spiro atoms. The SMILES string of the molecule is O=C(C[C@@H](C(=O)O)N1C(=O)/C(=C/c2cc(-c3ccc(F)c(F)c3)cs2)SC1=S)Nc1ccc(C(=O)O)c(O)c1. The Bertz CT molecular complexity index is 1570. The van der Waals surface area contributed by atoms with E-state index in [1.807, 2.05) is 0 Å². The summed E-state index contributed by atoms with van der Waals surface area (Å²) in [7, 11) is 0. The van der Waals surface area contributed by atoms with Crippen LogP contribution in [0.2, 0.25) is 0 Å². The number of thiocarbonyl (C=S) groups is 1. The quantitative estimate of drug-likeness (QED) is 0.215. The fraction of sp³-hybridized carbons (Fsp3) is 0.0800. The van der Waals surface area contributed by atoms with Crippen LogP contribution in [0.25, 0.3) is 17.2 Å². The lowest BCUT2D eigenvalue weighted by molar-refractivity contribution is -0.146. The first-order valence-corrected chi connectivity index (χ1v) is 12.9. The fourth-order valence-corrected chi connectivity index (χ4v) is 5.87. The number of thioether (sulfide) groups is 1. The number of aromatic carboxylic acids is 1. The first-order valence-electron chi connectivity index (χ1n) is 10.8. The van der Waals surface area contributed by atoms with Gasteiger partial charge in [-0.15, -0.1) is 11.3 Å². The molecular weight excluding hydrogens is 574 g/mol. The van der Waals surface area contributed by atoms with E-state index in [-0.39, 0.29) is 20.5 Å². The number of anilines is 1. The number of rotatable bonds is 8. The second-order valence-corrected chi connectivity index (χ2v) is 10.7. The number of benzene rings is 2. The van der Waals surface area contributed by atoms with E-state index in [0.29, 0.717) is 16.0 Å². The van der Waals surface area contributed by atoms with E-state index in [1.54, 1.807) is 11.4 Å². The highest BCUT2D eigenvalue weighted by atomic mass is 32.2. The van der Waals surface area contributed by atoms with Crippen LogP contribution in [-0.2, 0) is 14.4 Å². The molecule has 0 radical (unpaired) electrons. The topological polar surface area (TPSA) is 144 Å². The van der Waals surface area contributed by atoms with Crippen molar-refractivity contribution in [2.24, 2.45) is 0 Å². The second-order valence-electron chi connectivity index (χ2n) is 8.06. The third-order valence-corrected chi connectivity index (χ3v) is 7.67. The third kappa shape index (κ3) is 6.13. The molecule has 0 unspecified atom stereocenters. The Balaban J connectivity index is 1.49. The van der Waals surface area contributed by atoms with Gasteiger partial charge in [-0.1, -0.05) is 30.0 Å². The van der Waals surface area contributed by atoms with Crippen LogP contribution < -0.4 is 5.32 Å². The molecule has 1 saturated heterocycles. The molecule has 1 aliphatic heterocycles. The first kappa shape index (κ1) is 27.9. The number of hydrogen-bond donors (Lipinski definition) is 4. The highest BCUT2D eigenvalue weighted by molar-refractivity contribution is 8.26. The number of carbonyl (C=O) groups is 4. The van der Waals surface area contributed by atoms with E-state index < -0.39 is 53.6 Å². The number of carbonyl (C=O) groups excluding carboxylic acids is 2. The Morgan fingerprint density at radius 2 is 1.79 bits per heavy atom. The number of halogens is 2. The molecule has 4 rings (SSSR count). The monoisotopic (exact) mass is 590 g/mol. The van der Waals surface area contributed by atoms with Gasteiger partial charge < -0.3 is 20.6 Å². The predicted octanol–water partition coefficient (Wildman–Crippen LogP) is 4.78. The van der Waals surface area contributed by atoms with Crippen LogP contribution in [0, 0.1) is 11.6 Å². The molecule has 3 aromatic rings. The predicted molar refractivity (Wildman–Crippen MR) is 144 cm³/mol. The number of nitrogens with one attached hydrogen (secondary N) is 1. The maximum atomic E-state index is 13.6. The Labute approximate surface area is 232 Å². The van der Waals surface area contributed by atoms with Crippen molar-refractivity contribution in [2.75, 3.05) is 5.32 Å². The zero-order chi connectivity index (χ0) is 28.4. The number of phenols is 1. The van der Waals surface area contributed by atoms with E-state index in [9.17, 15) is 38.2 Å². The first-order chi connectivity index (χ1) is 18.4. The molecule has 2 amide bonds. The van der Waals surface area contributed by atoms with Crippen LogP contribution in [-0.4, -0.2) is 54.3 Å². The van der Waals surface area contributed by atoms with Crippen molar-refractivity contribution >= 4 is 75.2 Å². The standard InChI is InChI=1S/C25H16F2N2O7S3/c26-16-4-1-11(6-17(16)27)12-5-14(38-10-12)8-20-22(32)29(25(37)39-20)18(24(35)36)9-21(31)28-13-2-3-15(23(33)34)19(30)7-13/h1-8,10,18,30H,9H2,(H,28,31)(H,33,34)(H,35,36)/b20-8-/t18-/m0/s1. The summed E-state index contributed by atoms with van der Waals surface area (Å²) in [5.41, 5.74) is 0.651. The van der Waals surface area contributed by atoms with Crippen molar-refractivity contribution in [3.05, 3.63) is 74.8 Å². The minimum absolute atomic E-state index is 0.0199. The average molecular weight is 591 g/mol. The molecule has 39 heavy (non-hydrogen) atoms. The van der Waals surface area contributed by atoms with E-state index in [2.05, 4.69) is 5.32 Å². The highest BCUT2D eigenvalue weighted by Crippen LogP contribution is 2.37. The average Bonchev–Trinajstić information content (AvgIpc) is 3.43. The zero-order valence-corrected chi connectivity index (χ0v) is 21.8. The minimum atomic E-state index is -1.64. The zero-order valence-electron chi connectivity index (χ0n) is 19.4. The maximum absolute atomic E-state index is 13.6. The lowest BCUT2D eigenvalue weighted by atomic mass is 10.1. The number of hydrogen-bond acceptors (Lipinski definition) is 8. The molecule has 1 aromatic heterocycles. The van der Waals surface area contributed by atoms with Gasteiger partial charge in [0.25, 0.3) is 5.91 Å². The van der Waals surface area contributed by atoms with Gasteiger partial charge in [-0.25, -0.2) is 18.4 Å². The van der Waals surface area contributed by atoms with Gasteiger partial charge in [-0.3, -0.25) is 14.5 Å². The van der Waals surface area contributed by atoms with Gasteiger partial charge in [-0.05, 0) is 52.9 Å². The van der Waals surface area contributed by atoms with Crippen molar-refractivity contribution in [3.63, 3.8) is 0 Å². The van der Waals surface area contributed by atoms with Gasteiger partial charge in [0, 0.05) is 16.6 Å². The molecule has 14 heteroatoms. The number of thiophene rings is 1. The van der Waals surface area contributed by atoms with Crippen molar-refractivity contribution < 1.29 is 43.3 Å². The second kappa shape index (κ2) is 11.3. The summed E-state index contributed by atoms with van der Waals surface area (Å²) in [6.45, 7) is 0. The molecule has 2 heterocycles. The smallest absolute Gasteiger partial charge is 0.339 e. The molecule has 9 nitrogen and oxygen atoms in total.